The highest BCUT2D eigenvalue weighted by molar-refractivity contribution is 5.79. The Balaban J connectivity index is 1.45. The first-order valence-corrected chi connectivity index (χ1v) is 8.23. The van der Waals surface area contributed by atoms with Crippen molar-refractivity contribution in [3.05, 3.63) is 11.7 Å². The van der Waals surface area contributed by atoms with E-state index in [4.69, 9.17) is 4.52 Å². The number of amides is 1. The number of hydrogen-bond acceptors (Lipinski definition) is 5. The zero-order valence-corrected chi connectivity index (χ0v) is 12.6. The van der Waals surface area contributed by atoms with Crippen LogP contribution >= 0.6 is 0 Å². The number of nitriles is 1. The molecule has 3 aliphatic rings. The highest BCUT2D eigenvalue weighted by atomic mass is 16.5. The number of carbonyl (C=O) groups is 1. The van der Waals surface area contributed by atoms with Gasteiger partial charge in [0, 0.05) is 25.4 Å². The van der Waals surface area contributed by atoms with Crippen LogP contribution < -0.4 is 0 Å². The molecule has 1 aliphatic heterocycles. The second kappa shape index (κ2) is 5.08. The van der Waals surface area contributed by atoms with Crippen LogP contribution in [-0.4, -0.2) is 34.0 Å². The molecule has 6 heteroatoms. The van der Waals surface area contributed by atoms with Gasteiger partial charge in [-0.3, -0.25) is 4.79 Å². The predicted molar refractivity (Wildman–Crippen MR) is 76.7 cm³/mol. The van der Waals surface area contributed by atoms with E-state index in [1.165, 1.54) is 19.3 Å². The van der Waals surface area contributed by atoms with E-state index in [2.05, 4.69) is 16.2 Å². The third-order valence-corrected chi connectivity index (χ3v) is 5.56. The van der Waals surface area contributed by atoms with Crippen LogP contribution in [0.1, 0.15) is 62.6 Å². The van der Waals surface area contributed by atoms with E-state index in [0.717, 1.165) is 25.8 Å². The van der Waals surface area contributed by atoms with Crippen LogP contribution in [0.2, 0.25) is 0 Å². The molecular weight excluding hydrogens is 280 g/mol. The molecule has 2 aliphatic carbocycles. The van der Waals surface area contributed by atoms with Gasteiger partial charge in [-0.05, 0) is 38.0 Å². The number of hydrogen-bond donors (Lipinski definition) is 0. The van der Waals surface area contributed by atoms with Gasteiger partial charge in [0.15, 0.2) is 5.82 Å². The van der Waals surface area contributed by atoms with Gasteiger partial charge in [0.25, 0.3) is 0 Å². The summed E-state index contributed by atoms with van der Waals surface area (Å²) in [5.41, 5.74) is -0.570. The fourth-order valence-corrected chi connectivity index (χ4v) is 3.61. The molecule has 116 valence electrons. The normalized spacial score (nSPS) is 27.3. The van der Waals surface area contributed by atoms with Crippen molar-refractivity contribution in [3.8, 4) is 6.07 Å². The van der Waals surface area contributed by atoms with Crippen molar-refractivity contribution < 1.29 is 9.32 Å². The Morgan fingerprint density at radius 1 is 1.36 bits per heavy atom. The molecule has 4 rings (SSSR count). The number of carbonyl (C=O) groups excluding carboxylic acids is 1. The Morgan fingerprint density at radius 3 is 2.77 bits per heavy atom. The van der Waals surface area contributed by atoms with Gasteiger partial charge in [-0.1, -0.05) is 11.6 Å². The zero-order chi connectivity index (χ0) is 15.2. The molecule has 3 fully saturated rings. The first-order chi connectivity index (χ1) is 10.7. The lowest BCUT2D eigenvalue weighted by Crippen LogP contribution is -2.33. The first-order valence-electron chi connectivity index (χ1n) is 8.23. The Bertz CT molecular complexity index is 624. The lowest BCUT2D eigenvalue weighted by molar-refractivity contribution is -0.128. The summed E-state index contributed by atoms with van der Waals surface area (Å²) in [5, 5.41) is 13.4. The number of likely N-dealkylation sites (tertiary alicyclic amines) is 1. The van der Waals surface area contributed by atoms with Crippen LogP contribution in [0.3, 0.4) is 0 Å². The van der Waals surface area contributed by atoms with Crippen LogP contribution in [0.5, 0.6) is 0 Å². The molecule has 1 unspecified atom stereocenters. The highest BCUT2D eigenvalue weighted by Crippen LogP contribution is 2.43. The maximum Gasteiger partial charge on any atom is 0.247 e. The van der Waals surface area contributed by atoms with Crippen molar-refractivity contribution in [2.75, 3.05) is 13.1 Å². The lowest BCUT2D eigenvalue weighted by Gasteiger charge is -2.30. The second-order valence-corrected chi connectivity index (χ2v) is 7.00. The van der Waals surface area contributed by atoms with Crippen molar-refractivity contribution >= 4 is 5.91 Å². The van der Waals surface area contributed by atoms with E-state index < -0.39 is 5.41 Å². The Hall–Kier alpha value is -1.90. The van der Waals surface area contributed by atoms with Gasteiger partial charge in [0.1, 0.15) is 5.41 Å². The van der Waals surface area contributed by atoms with E-state index in [9.17, 15) is 10.1 Å². The molecule has 2 saturated carbocycles. The van der Waals surface area contributed by atoms with Crippen molar-refractivity contribution in [2.24, 2.45) is 5.92 Å². The van der Waals surface area contributed by atoms with E-state index in [0.29, 0.717) is 30.6 Å². The van der Waals surface area contributed by atoms with Gasteiger partial charge in [-0.15, -0.1) is 0 Å². The van der Waals surface area contributed by atoms with Crippen molar-refractivity contribution in [3.63, 3.8) is 0 Å². The topological polar surface area (TPSA) is 83.0 Å². The molecule has 0 N–H and O–H groups in total. The molecule has 0 bridgehead atoms. The molecule has 1 aromatic rings. The number of aromatic nitrogens is 2. The molecule has 1 saturated heterocycles. The lowest BCUT2D eigenvalue weighted by atomic mass is 9.70. The van der Waals surface area contributed by atoms with Crippen LogP contribution in [0.4, 0.5) is 0 Å². The SMILES string of the molecule is N#CC1(c2nc(C3CC(=O)N(CC4CCC4)C3)no2)CCC1. The Kier molecular flexibility index (Phi) is 3.17. The zero-order valence-electron chi connectivity index (χ0n) is 12.6. The van der Waals surface area contributed by atoms with E-state index in [-0.39, 0.29) is 11.8 Å². The largest absolute Gasteiger partial charge is 0.342 e. The summed E-state index contributed by atoms with van der Waals surface area (Å²) in [4.78, 5) is 18.6. The minimum absolute atomic E-state index is 0.0147. The third-order valence-electron chi connectivity index (χ3n) is 5.56. The van der Waals surface area contributed by atoms with E-state index in [1.54, 1.807) is 0 Å². The van der Waals surface area contributed by atoms with Crippen LogP contribution in [0, 0.1) is 17.2 Å². The summed E-state index contributed by atoms with van der Waals surface area (Å²) in [6, 6.07) is 2.32. The highest BCUT2D eigenvalue weighted by Gasteiger charge is 2.45. The van der Waals surface area contributed by atoms with Crippen LogP contribution in [0.15, 0.2) is 4.52 Å². The van der Waals surface area contributed by atoms with Crippen molar-refractivity contribution in [1.29, 1.82) is 5.26 Å². The van der Waals surface area contributed by atoms with E-state index >= 15 is 0 Å². The van der Waals surface area contributed by atoms with Crippen molar-refractivity contribution in [2.45, 2.75) is 56.3 Å². The molecule has 1 aromatic heterocycles. The molecule has 22 heavy (non-hydrogen) atoms. The maximum absolute atomic E-state index is 12.1. The molecular formula is C16H20N4O2. The monoisotopic (exact) mass is 300 g/mol. The summed E-state index contributed by atoms with van der Waals surface area (Å²) in [6.07, 6.45) is 6.86. The smallest absolute Gasteiger partial charge is 0.247 e. The minimum Gasteiger partial charge on any atom is -0.342 e. The van der Waals surface area contributed by atoms with E-state index in [1.807, 2.05) is 4.90 Å². The molecule has 2 heterocycles. The van der Waals surface area contributed by atoms with Crippen molar-refractivity contribution in [1.82, 2.24) is 15.0 Å². The summed E-state index contributed by atoms with van der Waals surface area (Å²) in [5.74, 6) is 1.94. The third kappa shape index (κ3) is 2.11. The van der Waals surface area contributed by atoms with Gasteiger partial charge in [0.05, 0.1) is 6.07 Å². The van der Waals surface area contributed by atoms with Crippen LogP contribution in [0.25, 0.3) is 0 Å². The standard InChI is InChI=1S/C16H20N4O2/c17-10-16(5-2-6-16)15-18-14(19-22-15)12-7-13(21)20(9-12)8-11-3-1-4-11/h11-12H,1-9H2. The van der Waals surface area contributed by atoms with Gasteiger partial charge in [-0.2, -0.15) is 10.2 Å². The Morgan fingerprint density at radius 2 is 2.18 bits per heavy atom. The summed E-state index contributed by atoms with van der Waals surface area (Å²) < 4.78 is 5.35. The van der Waals surface area contributed by atoms with Crippen LogP contribution in [-0.2, 0) is 10.2 Å². The fraction of sp³-hybridized carbons (Fsp3) is 0.750. The molecule has 0 aromatic carbocycles. The minimum atomic E-state index is -0.570. The average Bonchev–Trinajstić information content (AvgIpc) is 3.01. The van der Waals surface area contributed by atoms with Gasteiger partial charge >= 0.3 is 0 Å². The van der Waals surface area contributed by atoms with Gasteiger partial charge in [-0.25, -0.2) is 0 Å². The molecule has 6 nitrogen and oxygen atoms in total. The molecule has 0 radical (unpaired) electrons. The summed E-state index contributed by atoms with van der Waals surface area (Å²) in [7, 11) is 0. The number of rotatable bonds is 4. The summed E-state index contributed by atoms with van der Waals surface area (Å²) >= 11 is 0. The molecule has 1 amide bonds. The molecule has 1 atom stereocenters. The van der Waals surface area contributed by atoms with Gasteiger partial charge in [0.2, 0.25) is 11.8 Å². The second-order valence-electron chi connectivity index (χ2n) is 7.00. The quantitative estimate of drug-likeness (QED) is 0.850. The first kappa shape index (κ1) is 13.7. The van der Waals surface area contributed by atoms with Gasteiger partial charge < -0.3 is 9.42 Å². The Labute approximate surface area is 129 Å². The average molecular weight is 300 g/mol. The number of nitrogens with zero attached hydrogens (tertiary/aromatic N) is 4. The molecule has 0 spiro atoms. The summed E-state index contributed by atoms with van der Waals surface area (Å²) in [6.45, 7) is 1.57. The maximum atomic E-state index is 12.1. The predicted octanol–water partition coefficient (Wildman–Crippen LogP) is 2.13. The fourth-order valence-electron chi connectivity index (χ4n) is 3.61.